The zero-order chi connectivity index (χ0) is 20.3. The quantitative estimate of drug-likeness (QED) is 0.726. The van der Waals surface area contributed by atoms with E-state index in [1.165, 1.54) is 5.56 Å². The van der Waals surface area contributed by atoms with Gasteiger partial charge < -0.3 is 5.32 Å². The van der Waals surface area contributed by atoms with Crippen LogP contribution in [0.5, 0.6) is 0 Å². The Kier molecular flexibility index (Phi) is 6.14. The summed E-state index contributed by atoms with van der Waals surface area (Å²) in [7, 11) is 0. The van der Waals surface area contributed by atoms with Crippen LogP contribution in [0.3, 0.4) is 0 Å². The number of hydrogen-bond donors (Lipinski definition) is 1. The SMILES string of the molecule is CCCC(=O)Nc1ccc([C@@H]2SCC(=O)N2c2ccc(C(C)(C)C)cc2)cc1. The van der Waals surface area contributed by atoms with E-state index in [0.29, 0.717) is 12.2 Å². The van der Waals surface area contributed by atoms with E-state index in [2.05, 4.69) is 38.2 Å². The molecule has 2 amide bonds. The maximum atomic E-state index is 12.6. The van der Waals surface area contributed by atoms with Crippen molar-refractivity contribution in [3.8, 4) is 0 Å². The van der Waals surface area contributed by atoms with Crippen LogP contribution in [0.1, 0.15) is 57.0 Å². The number of anilines is 2. The Morgan fingerprint density at radius 1 is 1.11 bits per heavy atom. The minimum absolute atomic E-state index is 0.0289. The third kappa shape index (κ3) is 4.58. The summed E-state index contributed by atoms with van der Waals surface area (Å²) in [4.78, 5) is 26.2. The molecule has 0 aliphatic carbocycles. The van der Waals surface area contributed by atoms with Gasteiger partial charge in [-0.2, -0.15) is 0 Å². The second kappa shape index (κ2) is 8.39. The molecule has 148 valence electrons. The van der Waals surface area contributed by atoms with E-state index in [4.69, 9.17) is 0 Å². The highest BCUT2D eigenvalue weighted by molar-refractivity contribution is 8.00. The zero-order valence-electron chi connectivity index (χ0n) is 17.0. The number of amides is 2. The fourth-order valence-electron chi connectivity index (χ4n) is 3.25. The van der Waals surface area contributed by atoms with Crippen LogP contribution in [-0.4, -0.2) is 17.6 Å². The lowest BCUT2D eigenvalue weighted by Gasteiger charge is -2.26. The van der Waals surface area contributed by atoms with Gasteiger partial charge in [-0.25, -0.2) is 0 Å². The predicted molar refractivity (Wildman–Crippen MR) is 118 cm³/mol. The number of nitrogens with zero attached hydrogens (tertiary/aromatic N) is 1. The average Bonchev–Trinajstić information content (AvgIpc) is 3.03. The fourth-order valence-corrected chi connectivity index (χ4v) is 4.43. The first-order valence-electron chi connectivity index (χ1n) is 9.73. The molecule has 5 heteroatoms. The molecular weight excluding hydrogens is 368 g/mol. The first-order valence-corrected chi connectivity index (χ1v) is 10.8. The van der Waals surface area contributed by atoms with Crippen LogP contribution in [0.2, 0.25) is 0 Å². The van der Waals surface area contributed by atoms with Gasteiger partial charge in [0.2, 0.25) is 11.8 Å². The maximum absolute atomic E-state index is 12.6. The van der Waals surface area contributed by atoms with Gasteiger partial charge in [0.25, 0.3) is 0 Å². The van der Waals surface area contributed by atoms with Gasteiger partial charge in [-0.3, -0.25) is 14.5 Å². The van der Waals surface area contributed by atoms with Gasteiger partial charge in [-0.15, -0.1) is 11.8 Å². The Hall–Kier alpha value is -2.27. The second-order valence-corrected chi connectivity index (χ2v) is 9.21. The molecule has 28 heavy (non-hydrogen) atoms. The molecular formula is C23H28N2O2S. The number of benzene rings is 2. The standard InChI is InChI=1S/C23H28N2O2S/c1-5-6-20(26)24-18-11-7-16(8-12-18)22-25(21(27)15-28-22)19-13-9-17(10-14-19)23(2,3)4/h7-14,22H,5-6,15H2,1-4H3,(H,24,26)/t22-/m0/s1. The molecule has 3 rings (SSSR count). The van der Waals surface area contributed by atoms with E-state index in [1.807, 2.05) is 48.2 Å². The molecule has 2 aromatic carbocycles. The summed E-state index contributed by atoms with van der Waals surface area (Å²) in [6, 6.07) is 16.1. The number of thioether (sulfide) groups is 1. The summed E-state index contributed by atoms with van der Waals surface area (Å²) in [6.45, 7) is 8.53. The lowest BCUT2D eigenvalue weighted by molar-refractivity contribution is -0.116. The van der Waals surface area contributed by atoms with Crippen LogP contribution in [-0.2, 0) is 15.0 Å². The molecule has 0 saturated carbocycles. The fraction of sp³-hybridized carbons (Fsp3) is 0.391. The molecule has 1 atom stereocenters. The van der Waals surface area contributed by atoms with E-state index in [9.17, 15) is 9.59 Å². The van der Waals surface area contributed by atoms with Crippen molar-refractivity contribution in [2.45, 2.75) is 51.3 Å². The van der Waals surface area contributed by atoms with E-state index in [-0.39, 0.29) is 22.6 Å². The summed E-state index contributed by atoms with van der Waals surface area (Å²) in [6.07, 6.45) is 1.35. The number of nitrogens with one attached hydrogen (secondary N) is 1. The highest BCUT2D eigenvalue weighted by Crippen LogP contribution is 2.42. The minimum Gasteiger partial charge on any atom is -0.326 e. The van der Waals surface area contributed by atoms with Crippen molar-refractivity contribution in [2.75, 3.05) is 16.0 Å². The number of rotatable bonds is 5. The number of carbonyl (C=O) groups is 2. The predicted octanol–water partition coefficient (Wildman–Crippen LogP) is 5.50. The molecule has 1 N–H and O–H groups in total. The second-order valence-electron chi connectivity index (χ2n) is 8.14. The smallest absolute Gasteiger partial charge is 0.238 e. The zero-order valence-corrected chi connectivity index (χ0v) is 17.8. The Balaban J connectivity index is 1.79. The summed E-state index contributed by atoms with van der Waals surface area (Å²) < 4.78 is 0. The van der Waals surface area contributed by atoms with E-state index >= 15 is 0 Å². The van der Waals surface area contributed by atoms with Crippen LogP contribution >= 0.6 is 11.8 Å². The Morgan fingerprint density at radius 2 is 1.75 bits per heavy atom. The van der Waals surface area contributed by atoms with Crippen molar-refractivity contribution in [3.05, 3.63) is 59.7 Å². The molecule has 0 radical (unpaired) electrons. The highest BCUT2D eigenvalue weighted by Gasteiger charge is 2.34. The van der Waals surface area contributed by atoms with Crippen LogP contribution in [0.4, 0.5) is 11.4 Å². The van der Waals surface area contributed by atoms with Gasteiger partial charge >= 0.3 is 0 Å². The summed E-state index contributed by atoms with van der Waals surface area (Å²) >= 11 is 1.63. The first kappa shape index (κ1) is 20.5. The van der Waals surface area contributed by atoms with Crippen LogP contribution in [0.15, 0.2) is 48.5 Å². The topological polar surface area (TPSA) is 49.4 Å². The molecule has 0 aromatic heterocycles. The van der Waals surface area contributed by atoms with Crippen molar-refractivity contribution in [1.82, 2.24) is 0 Å². The summed E-state index contributed by atoms with van der Waals surface area (Å²) in [5.41, 5.74) is 4.11. The lowest BCUT2D eigenvalue weighted by atomic mass is 9.87. The molecule has 0 spiro atoms. The molecule has 0 unspecified atom stereocenters. The van der Waals surface area contributed by atoms with Crippen molar-refractivity contribution < 1.29 is 9.59 Å². The van der Waals surface area contributed by atoms with Gasteiger partial charge in [-0.1, -0.05) is 52.0 Å². The molecule has 1 saturated heterocycles. The number of carbonyl (C=O) groups excluding carboxylic acids is 2. The molecule has 2 aromatic rings. The van der Waals surface area contributed by atoms with Crippen LogP contribution in [0.25, 0.3) is 0 Å². The van der Waals surface area contributed by atoms with Gasteiger partial charge in [0.05, 0.1) is 5.75 Å². The normalized spacial score (nSPS) is 17.1. The summed E-state index contributed by atoms with van der Waals surface area (Å²) in [5, 5.41) is 2.86. The maximum Gasteiger partial charge on any atom is 0.238 e. The van der Waals surface area contributed by atoms with Crippen molar-refractivity contribution in [3.63, 3.8) is 0 Å². The highest BCUT2D eigenvalue weighted by atomic mass is 32.2. The third-order valence-electron chi connectivity index (χ3n) is 4.84. The molecule has 1 aliphatic rings. The molecule has 1 heterocycles. The van der Waals surface area contributed by atoms with Gasteiger partial charge in [0, 0.05) is 17.8 Å². The molecule has 4 nitrogen and oxygen atoms in total. The average molecular weight is 397 g/mol. The van der Waals surface area contributed by atoms with Crippen LogP contribution in [0, 0.1) is 0 Å². The lowest BCUT2D eigenvalue weighted by Crippen LogP contribution is -2.28. The molecule has 0 bridgehead atoms. The van der Waals surface area contributed by atoms with Gasteiger partial charge in [-0.05, 0) is 47.2 Å². The van der Waals surface area contributed by atoms with E-state index in [0.717, 1.165) is 23.4 Å². The molecule has 1 fully saturated rings. The van der Waals surface area contributed by atoms with Crippen molar-refractivity contribution in [1.29, 1.82) is 0 Å². The van der Waals surface area contributed by atoms with E-state index < -0.39 is 0 Å². The Labute approximate surface area is 171 Å². The van der Waals surface area contributed by atoms with Crippen molar-refractivity contribution >= 4 is 35.0 Å². The third-order valence-corrected chi connectivity index (χ3v) is 6.05. The number of hydrogen-bond acceptors (Lipinski definition) is 3. The van der Waals surface area contributed by atoms with Crippen molar-refractivity contribution in [2.24, 2.45) is 0 Å². The van der Waals surface area contributed by atoms with E-state index in [1.54, 1.807) is 11.8 Å². The molecule has 1 aliphatic heterocycles. The largest absolute Gasteiger partial charge is 0.326 e. The summed E-state index contributed by atoms with van der Waals surface area (Å²) in [5.74, 6) is 0.626. The first-order chi connectivity index (χ1) is 13.3. The Morgan fingerprint density at radius 3 is 2.32 bits per heavy atom. The monoisotopic (exact) mass is 396 g/mol. The van der Waals surface area contributed by atoms with Crippen LogP contribution < -0.4 is 10.2 Å². The Bertz CT molecular complexity index is 838. The van der Waals surface area contributed by atoms with Gasteiger partial charge in [0.15, 0.2) is 0 Å². The minimum atomic E-state index is -0.0478. The van der Waals surface area contributed by atoms with Gasteiger partial charge in [0.1, 0.15) is 5.37 Å².